The molecular weight excluding hydrogens is 354 g/mol. The zero-order valence-electron chi connectivity index (χ0n) is 16.8. The number of piperidine rings is 1. The third-order valence-electron chi connectivity index (χ3n) is 5.62. The molecule has 0 radical (unpaired) electrons. The van der Waals surface area contributed by atoms with E-state index >= 15 is 0 Å². The van der Waals surface area contributed by atoms with Gasteiger partial charge in [0.25, 0.3) is 5.91 Å². The van der Waals surface area contributed by atoms with E-state index in [0.717, 1.165) is 53.8 Å². The number of carbonyl (C=O) groups is 1. The van der Waals surface area contributed by atoms with E-state index in [1.165, 1.54) is 19.3 Å². The van der Waals surface area contributed by atoms with Crippen molar-refractivity contribution in [3.63, 3.8) is 0 Å². The van der Waals surface area contributed by atoms with Crippen LogP contribution in [0.25, 0.3) is 5.69 Å². The Hall–Kier alpha value is -2.47. The SMILES string of the molecule is Cc1cc(C(=O)NCCN2CCCCC2)c(C)n1-c1ccc2c(c1)OCCO2. The number of ether oxygens (including phenoxy) is 2. The molecule has 1 aromatic heterocycles. The number of hydrogen-bond donors (Lipinski definition) is 1. The molecule has 6 nitrogen and oxygen atoms in total. The van der Waals surface area contributed by atoms with Gasteiger partial charge in [0.2, 0.25) is 0 Å². The summed E-state index contributed by atoms with van der Waals surface area (Å²) in [5.74, 6) is 1.52. The highest BCUT2D eigenvalue weighted by Gasteiger charge is 2.19. The van der Waals surface area contributed by atoms with Crippen LogP contribution in [0, 0.1) is 13.8 Å². The second-order valence-electron chi connectivity index (χ2n) is 7.61. The average Bonchev–Trinajstić information content (AvgIpc) is 3.02. The van der Waals surface area contributed by atoms with Crippen LogP contribution >= 0.6 is 0 Å². The van der Waals surface area contributed by atoms with Gasteiger partial charge in [-0.15, -0.1) is 0 Å². The molecule has 0 unspecified atom stereocenters. The van der Waals surface area contributed by atoms with Crippen LogP contribution in [0.15, 0.2) is 24.3 Å². The van der Waals surface area contributed by atoms with Crippen molar-refractivity contribution >= 4 is 5.91 Å². The second kappa shape index (κ2) is 8.27. The highest BCUT2D eigenvalue weighted by molar-refractivity contribution is 5.95. The molecule has 0 spiro atoms. The van der Waals surface area contributed by atoms with Crippen LogP contribution in [0.4, 0.5) is 0 Å². The van der Waals surface area contributed by atoms with Gasteiger partial charge in [-0.1, -0.05) is 6.42 Å². The first-order valence-corrected chi connectivity index (χ1v) is 10.2. The monoisotopic (exact) mass is 383 g/mol. The highest BCUT2D eigenvalue weighted by atomic mass is 16.6. The molecule has 0 bridgehead atoms. The molecule has 3 heterocycles. The van der Waals surface area contributed by atoms with Crippen molar-refractivity contribution in [2.45, 2.75) is 33.1 Å². The second-order valence-corrected chi connectivity index (χ2v) is 7.61. The summed E-state index contributed by atoms with van der Waals surface area (Å²) in [6.45, 7) is 9.06. The van der Waals surface area contributed by atoms with Crippen molar-refractivity contribution < 1.29 is 14.3 Å². The molecule has 150 valence electrons. The summed E-state index contributed by atoms with van der Waals surface area (Å²) in [5.41, 5.74) is 3.66. The van der Waals surface area contributed by atoms with Gasteiger partial charge in [-0.05, 0) is 58.0 Å². The average molecular weight is 383 g/mol. The molecule has 1 amide bonds. The van der Waals surface area contributed by atoms with Gasteiger partial charge in [0.15, 0.2) is 11.5 Å². The number of fused-ring (bicyclic) bond motifs is 1. The third-order valence-corrected chi connectivity index (χ3v) is 5.62. The van der Waals surface area contributed by atoms with Crippen molar-refractivity contribution in [2.24, 2.45) is 0 Å². The number of likely N-dealkylation sites (tertiary alicyclic amines) is 1. The largest absolute Gasteiger partial charge is 0.486 e. The zero-order valence-corrected chi connectivity index (χ0v) is 16.8. The fraction of sp³-hybridized carbons (Fsp3) is 0.500. The zero-order chi connectivity index (χ0) is 19.5. The van der Waals surface area contributed by atoms with Gasteiger partial charge in [0.1, 0.15) is 13.2 Å². The Morgan fingerprint density at radius 2 is 1.79 bits per heavy atom. The molecule has 2 aliphatic rings. The van der Waals surface area contributed by atoms with Crippen molar-refractivity contribution in [3.05, 3.63) is 41.2 Å². The van der Waals surface area contributed by atoms with E-state index in [-0.39, 0.29) is 5.91 Å². The number of hydrogen-bond acceptors (Lipinski definition) is 4. The fourth-order valence-electron chi connectivity index (χ4n) is 4.17. The van der Waals surface area contributed by atoms with E-state index < -0.39 is 0 Å². The summed E-state index contributed by atoms with van der Waals surface area (Å²) >= 11 is 0. The molecule has 4 rings (SSSR count). The molecule has 0 aliphatic carbocycles. The van der Waals surface area contributed by atoms with Crippen LogP contribution in [0.1, 0.15) is 41.0 Å². The molecule has 0 saturated carbocycles. The van der Waals surface area contributed by atoms with Gasteiger partial charge in [-0.25, -0.2) is 0 Å². The predicted octanol–water partition coefficient (Wildman–Crippen LogP) is 3.08. The van der Waals surface area contributed by atoms with E-state index in [1.54, 1.807) is 0 Å². The summed E-state index contributed by atoms with van der Waals surface area (Å²) < 4.78 is 13.4. The quantitative estimate of drug-likeness (QED) is 0.862. The molecule has 6 heteroatoms. The lowest BCUT2D eigenvalue weighted by Gasteiger charge is -2.26. The van der Waals surface area contributed by atoms with Gasteiger partial charge in [0.05, 0.1) is 5.56 Å². The van der Waals surface area contributed by atoms with Gasteiger partial charge in [0, 0.05) is 36.2 Å². The van der Waals surface area contributed by atoms with E-state index in [0.29, 0.717) is 19.8 Å². The van der Waals surface area contributed by atoms with Crippen LogP contribution in [0.5, 0.6) is 11.5 Å². The lowest BCUT2D eigenvalue weighted by atomic mass is 10.1. The first-order valence-electron chi connectivity index (χ1n) is 10.2. The van der Waals surface area contributed by atoms with E-state index in [1.807, 2.05) is 38.1 Å². The number of rotatable bonds is 5. The molecule has 1 fully saturated rings. The van der Waals surface area contributed by atoms with Gasteiger partial charge >= 0.3 is 0 Å². The Morgan fingerprint density at radius 1 is 1.04 bits per heavy atom. The smallest absolute Gasteiger partial charge is 0.253 e. The van der Waals surface area contributed by atoms with Crippen molar-refractivity contribution in [3.8, 4) is 17.2 Å². The highest BCUT2D eigenvalue weighted by Crippen LogP contribution is 2.33. The van der Waals surface area contributed by atoms with Crippen LogP contribution in [0.2, 0.25) is 0 Å². The number of carbonyl (C=O) groups excluding carboxylic acids is 1. The Balaban J connectivity index is 1.47. The molecule has 1 N–H and O–H groups in total. The van der Waals surface area contributed by atoms with Crippen molar-refractivity contribution in [1.29, 1.82) is 0 Å². The van der Waals surface area contributed by atoms with Crippen LogP contribution < -0.4 is 14.8 Å². The Bertz CT molecular complexity index is 853. The maximum absolute atomic E-state index is 12.7. The minimum absolute atomic E-state index is 0.00565. The van der Waals surface area contributed by atoms with Gasteiger partial charge in [-0.2, -0.15) is 0 Å². The van der Waals surface area contributed by atoms with Gasteiger partial charge in [-0.3, -0.25) is 4.79 Å². The lowest BCUT2D eigenvalue weighted by Crippen LogP contribution is -2.37. The Morgan fingerprint density at radius 3 is 2.57 bits per heavy atom. The summed E-state index contributed by atoms with van der Waals surface area (Å²) in [5, 5.41) is 3.09. The van der Waals surface area contributed by atoms with Gasteiger partial charge < -0.3 is 24.3 Å². The molecule has 2 aromatic rings. The molecule has 2 aliphatic heterocycles. The first-order chi connectivity index (χ1) is 13.6. The third kappa shape index (κ3) is 3.87. The first kappa shape index (κ1) is 18.9. The summed E-state index contributed by atoms with van der Waals surface area (Å²) in [6, 6.07) is 7.88. The molecular formula is C22H29N3O3. The number of nitrogens with one attached hydrogen (secondary N) is 1. The molecule has 28 heavy (non-hydrogen) atoms. The summed E-state index contributed by atoms with van der Waals surface area (Å²) in [4.78, 5) is 15.2. The van der Waals surface area contributed by atoms with E-state index in [4.69, 9.17) is 9.47 Å². The van der Waals surface area contributed by atoms with Crippen LogP contribution in [0.3, 0.4) is 0 Å². The number of nitrogens with zero attached hydrogens (tertiary/aromatic N) is 2. The topological polar surface area (TPSA) is 55.7 Å². The number of aryl methyl sites for hydroxylation is 1. The Kier molecular flexibility index (Phi) is 5.57. The van der Waals surface area contributed by atoms with Crippen molar-refractivity contribution in [1.82, 2.24) is 14.8 Å². The minimum Gasteiger partial charge on any atom is -0.486 e. The minimum atomic E-state index is -0.00565. The number of amides is 1. The van der Waals surface area contributed by atoms with Crippen LogP contribution in [-0.2, 0) is 0 Å². The summed E-state index contributed by atoms with van der Waals surface area (Å²) in [7, 11) is 0. The fourth-order valence-corrected chi connectivity index (χ4v) is 4.17. The van der Waals surface area contributed by atoms with E-state index in [2.05, 4.69) is 14.8 Å². The maximum atomic E-state index is 12.7. The number of benzene rings is 1. The predicted molar refractivity (Wildman–Crippen MR) is 109 cm³/mol. The molecule has 0 atom stereocenters. The summed E-state index contributed by atoms with van der Waals surface area (Å²) in [6.07, 6.45) is 3.87. The Labute approximate surface area is 166 Å². The maximum Gasteiger partial charge on any atom is 0.253 e. The molecule has 1 aromatic carbocycles. The van der Waals surface area contributed by atoms with E-state index in [9.17, 15) is 4.79 Å². The molecule has 1 saturated heterocycles. The lowest BCUT2D eigenvalue weighted by molar-refractivity contribution is 0.0946. The van der Waals surface area contributed by atoms with Crippen molar-refractivity contribution in [2.75, 3.05) is 39.4 Å². The standard InChI is InChI=1S/C22H29N3O3/c1-16-14-19(22(26)23-8-11-24-9-4-3-5-10-24)17(2)25(16)18-6-7-20-21(15-18)28-13-12-27-20/h6-7,14-15H,3-5,8-13H2,1-2H3,(H,23,26). The van der Waals surface area contributed by atoms with Crippen LogP contribution in [-0.4, -0.2) is 54.8 Å². The normalized spacial score (nSPS) is 16.8. The number of aromatic nitrogens is 1.